The van der Waals surface area contributed by atoms with Crippen molar-refractivity contribution in [3.63, 3.8) is 0 Å². The Morgan fingerprint density at radius 2 is 1.70 bits per heavy atom. The summed E-state index contributed by atoms with van der Waals surface area (Å²) in [6, 6.07) is 6.55. The van der Waals surface area contributed by atoms with Crippen molar-refractivity contribution in [3.05, 3.63) is 34.4 Å². The first-order valence-electron chi connectivity index (χ1n) is 6.77. The number of nitro groups is 1. The minimum Gasteiger partial charge on any atom is -0.368 e. The van der Waals surface area contributed by atoms with Gasteiger partial charge in [0.05, 0.1) is 4.92 Å². The molecule has 1 heterocycles. The van der Waals surface area contributed by atoms with E-state index in [1.807, 2.05) is 18.7 Å². The zero-order valence-electron chi connectivity index (χ0n) is 11.8. The molecule has 0 aromatic heterocycles. The lowest BCUT2D eigenvalue weighted by molar-refractivity contribution is -0.384. The second-order valence-corrected chi connectivity index (χ2v) is 5.24. The Morgan fingerprint density at radius 3 is 2.15 bits per heavy atom. The van der Waals surface area contributed by atoms with Crippen LogP contribution in [0, 0.1) is 16.0 Å². The topological polar surface area (TPSA) is 66.7 Å². The predicted octanol–water partition coefficient (Wildman–Crippen LogP) is 1.90. The number of amides is 1. The van der Waals surface area contributed by atoms with Gasteiger partial charge in [0.2, 0.25) is 5.91 Å². The molecule has 1 saturated heterocycles. The molecule has 1 aromatic carbocycles. The molecule has 0 spiro atoms. The van der Waals surface area contributed by atoms with Crippen molar-refractivity contribution in [3.8, 4) is 0 Å². The quantitative estimate of drug-likeness (QED) is 0.625. The molecular weight excluding hydrogens is 258 g/mol. The van der Waals surface area contributed by atoms with E-state index in [0.29, 0.717) is 13.1 Å². The van der Waals surface area contributed by atoms with Crippen LogP contribution in [0.4, 0.5) is 11.4 Å². The van der Waals surface area contributed by atoms with Gasteiger partial charge in [-0.2, -0.15) is 0 Å². The smallest absolute Gasteiger partial charge is 0.269 e. The number of hydrogen-bond donors (Lipinski definition) is 0. The lowest BCUT2D eigenvalue weighted by Crippen LogP contribution is -2.49. The summed E-state index contributed by atoms with van der Waals surface area (Å²) >= 11 is 0. The molecular formula is C14H19N3O3. The second-order valence-electron chi connectivity index (χ2n) is 5.24. The Balaban J connectivity index is 1.97. The van der Waals surface area contributed by atoms with E-state index in [9.17, 15) is 14.9 Å². The van der Waals surface area contributed by atoms with Crippen LogP contribution in [0.3, 0.4) is 0 Å². The van der Waals surface area contributed by atoms with Crippen LogP contribution < -0.4 is 4.90 Å². The summed E-state index contributed by atoms with van der Waals surface area (Å²) in [5, 5.41) is 10.6. The first-order chi connectivity index (χ1) is 9.49. The predicted molar refractivity (Wildman–Crippen MR) is 76.7 cm³/mol. The molecule has 1 aliphatic heterocycles. The van der Waals surface area contributed by atoms with Gasteiger partial charge in [-0.15, -0.1) is 0 Å². The van der Waals surface area contributed by atoms with E-state index in [4.69, 9.17) is 0 Å². The largest absolute Gasteiger partial charge is 0.368 e. The van der Waals surface area contributed by atoms with Crippen molar-refractivity contribution in [2.24, 2.45) is 5.92 Å². The lowest BCUT2D eigenvalue weighted by Gasteiger charge is -2.36. The summed E-state index contributed by atoms with van der Waals surface area (Å²) in [4.78, 5) is 26.1. The molecule has 6 heteroatoms. The van der Waals surface area contributed by atoms with Crippen LogP contribution in [0.5, 0.6) is 0 Å². The van der Waals surface area contributed by atoms with Gasteiger partial charge >= 0.3 is 0 Å². The van der Waals surface area contributed by atoms with Crippen molar-refractivity contribution < 1.29 is 9.72 Å². The number of nitro benzene ring substituents is 1. The molecule has 0 radical (unpaired) electrons. The highest BCUT2D eigenvalue weighted by Crippen LogP contribution is 2.21. The minimum atomic E-state index is -0.400. The summed E-state index contributed by atoms with van der Waals surface area (Å²) in [6.07, 6.45) is 0. The molecule has 0 saturated carbocycles. The molecule has 0 N–H and O–H groups in total. The number of nitrogens with zero attached hydrogens (tertiary/aromatic N) is 3. The molecule has 20 heavy (non-hydrogen) atoms. The van der Waals surface area contributed by atoms with Crippen LogP contribution in [0.2, 0.25) is 0 Å². The van der Waals surface area contributed by atoms with E-state index in [1.54, 1.807) is 12.1 Å². The van der Waals surface area contributed by atoms with Crippen LogP contribution in [0.1, 0.15) is 13.8 Å². The number of anilines is 1. The molecule has 1 aliphatic rings. The number of hydrogen-bond acceptors (Lipinski definition) is 4. The fourth-order valence-corrected chi connectivity index (χ4v) is 2.34. The Labute approximate surface area is 118 Å². The van der Waals surface area contributed by atoms with Crippen molar-refractivity contribution >= 4 is 17.3 Å². The highest BCUT2D eigenvalue weighted by Gasteiger charge is 2.23. The number of carbonyl (C=O) groups excluding carboxylic acids is 1. The third kappa shape index (κ3) is 3.07. The summed E-state index contributed by atoms with van der Waals surface area (Å²) in [5.41, 5.74) is 1.06. The van der Waals surface area contributed by atoms with E-state index in [1.165, 1.54) is 12.1 Å². The van der Waals surface area contributed by atoms with Crippen molar-refractivity contribution in [1.82, 2.24) is 4.90 Å². The molecule has 0 aliphatic carbocycles. The molecule has 0 unspecified atom stereocenters. The SMILES string of the molecule is CC(C)C(=O)N1CCN(c2ccc([N+](=O)[O-])cc2)CC1. The van der Waals surface area contributed by atoms with Crippen molar-refractivity contribution in [2.75, 3.05) is 31.1 Å². The average Bonchev–Trinajstić information content (AvgIpc) is 2.46. The van der Waals surface area contributed by atoms with Gasteiger partial charge in [-0.25, -0.2) is 0 Å². The van der Waals surface area contributed by atoms with Crippen molar-refractivity contribution in [1.29, 1.82) is 0 Å². The average molecular weight is 277 g/mol. The third-order valence-corrected chi connectivity index (χ3v) is 3.51. The Morgan fingerprint density at radius 1 is 1.15 bits per heavy atom. The molecule has 0 atom stereocenters. The summed E-state index contributed by atoms with van der Waals surface area (Å²) < 4.78 is 0. The molecule has 0 bridgehead atoms. The van der Waals surface area contributed by atoms with Gasteiger partial charge in [0.25, 0.3) is 5.69 Å². The fourth-order valence-electron chi connectivity index (χ4n) is 2.34. The van der Waals surface area contributed by atoms with Gasteiger partial charge in [-0.3, -0.25) is 14.9 Å². The van der Waals surface area contributed by atoms with Gasteiger partial charge in [-0.1, -0.05) is 13.8 Å². The van der Waals surface area contributed by atoms with Crippen LogP contribution >= 0.6 is 0 Å². The summed E-state index contributed by atoms with van der Waals surface area (Å²) in [5.74, 6) is 0.217. The van der Waals surface area contributed by atoms with E-state index in [-0.39, 0.29) is 17.5 Å². The molecule has 6 nitrogen and oxygen atoms in total. The van der Waals surface area contributed by atoms with Crippen LogP contribution in [-0.4, -0.2) is 41.9 Å². The van der Waals surface area contributed by atoms with E-state index in [0.717, 1.165) is 18.8 Å². The van der Waals surface area contributed by atoms with Crippen LogP contribution in [0.25, 0.3) is 0 Å². The Bertz CT molecular complexity index is 491. The molecule has 1 aromatic rings. The minimum absolute atomic E-state index is 0.0286. The van der Waals surface area contributed by atoms with Gasteiger partial charge < -0.3 is 9.80 Å². The molecule has 1 fully saturated rings. The van der Waals surface area contributed by atoms with Gasteiger partial charge in [-0.05, 0) is 12.1 Å². The maximum atomic E-state index is 11.9. The number of carbonyl (C=O) groups is 1. The maximum Gasteiger partial charge on any atom is 0.269 e. The van der Waals surface area contributed by atoms with Crippen molar-refractivity contribution in [2.45, 2.75) is 13.8 Å². The molecule has 2 rings (SSSR count). The van der Waals surface area contributed by atoms with Gasteiger partial charge in [0, 0.05) is 49.9 Å². The first kappa shape index (κ1) is 14.3. The maximum absolute atomic E-state index is 11.9. The Hall–Kier alpha value is -2.11. The van der Waals surface area contributed by atoms with E-state index in [2.05, 4.69) is 4.90 Å². The monoisotopic (exact) mass is 277 g/mol. The number of piperazine rings is 1. The zero-order valence-corrected chi connectivity index (χ0v) is 11.8. The third-order valence-electron chi connectivity index (χ3n) is 3.51. The first-order valence-corrected chi connectivity index (χ1v) is 6.77. The normalized spacial score (nSPS) is 15.6. The van der Waals surface area contributed by atoms with Gasteiger partial charge in [0.1, 0.15) is 0 Å². The lowest BCUT2D eigenvalue weighted by atomic mass is 10.1. The van der Waals surface area contributed by atoms with E-state index < -0.39 is 4.92 Å². The number of benzene rings is 1. The highest BCUT2D eigenvalue weighted by molar-refractivity contribution is 5.78. The van der Waals surface area contributed by atoms with E-state index >= 15 is 0 Å². The zero-order chi connectivity index (χ0) is 14.7. The highest BCUT2D eigenvalue weighted by atomic mass is 16.6. The van der Waals surface area contributed by atoms with Crippen LogP contribution in [0.15, 0.2) is 24.3 Å². The van der Waals surface area contributed by atoms with Gasteiger partial charge in [0.15, 0.2) is 0 Å². The standard InChI is InChI=1S/C14H19N3O3/c1-11(2)14(18)16-9-7-15(8-10-16)12-3-5-13(6-4-12)17(19)20/h3-6,11H,7-10H2,1-2H3. The second kappa shape index (κ2) is 5.90. The molecule has 1 amide bonds. The summed E-state index contributed by atoms with van der Waals surface area (Å²) in [7, 11) is 0. The fraction of sp³-hybridized carbons (Fsp3) is 0.500. The molecule has 108 valence electrons. The number of rotatable bonds is 3. The van der Waals surface area contributed by atoms with Crippen LogP contribution in [-0.2, 0) is 4.79 Å². The number of non-ortho nitro benzene ring substituents is 1. The summed E-state index contributed by atoms with van der Waals surface area (Å²) in [6.45, 7) is 6.74. The Kier molecular flexibility index (Phi) is 4.22.